The van der Waals surface area contributed by atoms with Gasteiger partial charge in [-0.05, 0) is 36.4 Å². The summed E-state index contributed by atoms with van der Waals surface area (Å²) in [7, 11) is -3.70. The van der Waals surface area contributed by atoms with E-state index in [-0.39, 0.29) is 10.6 Å². The van der Waals surface area contributed by atoms with E-state index in [0.717, 1.165) is 36.5 Å². The van der Waals surface area contributed by atoms with Crippen LogP contribution in [0.2, 0.25) is 0 Å². The molecule has 2 aromatic carbocycles. The minimum Gasteiger partial charge on any atom is -0.370 e. The Hall–Kier alpha value is -2.26. The van der Waals surface area contributed by atoms with Crippen molar-refractivity contribution in [2.45, 2.75) is 4.90 Å². The van der Waals surface area contributed by atoms with E-state index in [1.165, 1.54) is 18.2 Å². The number of nitrogens with one attached hydrogen (secondary N) is 1. The Balaban J connectivity index is 1.88. The zero-order chi connectivity index (χ0) is 18.7. The molecule has 0 unspecified atom stereocenters. The zero-order valence-corrected chi connectivity index (χ0v) is 15.8. The lowest BCUT2D eigenvalue weighted by Gasteiger charge is -2.28. The Labute approximate surface area is 156 Å². The van der Waals surface area contributed by atoms with Crippen LogP contribution in [0.3, 0.4) is 0 Å². The average molecular weight is 393 g/mol. The number of nitro benzene ring substituents is 1. The van der Waals surface area contributed by atoms with E-state index in [1.54, 1.807) is 0 Å². The third-order valence-electron chi connectivity index (χ3n) is 4.10. The van der Waals surface area contributed by atoms with Gasteiger partial charge in [0.25, 0.3) is 0 Å². The predicted molar refractivity (Wildman–Crippen MR) is 105 cm³/mol. The summed E-state index contributed by atoms with van der Waals surface area (Å²) in [6.07, 6.45) is 0.963. The van der Waals surface area contributed by atoms with Gasteiger partial charge in [0.15, 0.2) is 9.84 Å². The van der Waals surface area contributed by atoms with E-state index < -0.39 is 20.4 Å². The summed E-state index contributed by atoms with van der Waals surface area (Å²) in [6, 6.07) is 11.8. The van der Waals surface area contributed by atoms with E-state index in [9.17, 15) is 18.5 Å². The number of thioether (sulfide) groups is 1. The molecule has 0 spiro atoms. The van der Waals surface area contributed by atoms with Gasteiger partial charge in [0.2, 0.25) is 0 Å². The summed E-state index contributed by atoms with van der Waals surface area (Å²) in [5.41, 5.74) is 1.48. The van der Waals surface area contributed by atoms with Gasteiger partial charge in [-0.15, -0.1) is 0 Å². The van der Waals surface area contributed by atoms with E-state index in [1.807, 2.05) is 36.0 Å². The summed E-state index contributed by atoms with van der Waals surface area (Å²) in [5, 5.41) is 14.4. The standard InChI is InChI=1S/C17H19N3O4S2/c1-26(23,24)16-4-2-3-15(17(16)20(21)22)18-13-5-7-14(8-6-13)19-9-11-25-12-10-19/h2-8,18H,9-12H2,1H3. The molecule has 1 N–H and O–H groups in total. The van der Waals surface area contributed by atoms with Crippen molar-refractivity contribution in [3.63, 3.8) is 0 Å². The van der Waals surface area contributed by atoms with Crippen molar-refractivity contribution in [3.8, 4) is 0 Å². The molecule has 0 saturated carbocycles. The number of hydrogen-bond acceptors (Lipinski definition) is 7. The minimum absolute atomic E-state index is 0.153. The van der Waals surface area contributed by atoms with Gasteiger partial charge in [-0.3, -0.25) is 10.1 Å². The molecule has 138 valence electrons. The molecule has 3 rings (SSSR count). The number of nitro groups is 1. The molecule has 1 aliphatic heterocycles. The summed E-state index contributed by atoms with van der Waals surface area (Å²) >= 11 is 1.94. The van der Waals surface area contributed by atoms with Crippen molar-refractivity contribution in [2.75, 3.05) is 41.1 Å². The summed E-state index contributed by atoms with van der Waals surface area (Å²) < 4.78 is 23.7. The lowest BCUT2D eigenvalue weighted by molar-refractivity contribution is -0.386. The first kappa shape index (κ1) is 18.5. The molecule has 1 aliphatic rings. The molecule has 7 nitrogen and oxygen atoms in total. The number of hydrogen-bond donors (Lipinski definition) is 1. The Morgan fingerprint density at radius 3 is 2.35 bits per heavy atom. The normalized spacial score (nSPS) is 14.9. The van der Waals surface area contributed by atoms with E-state index in [4.69, 9.17) is 0 Å². The van der Waals surface area contributed by atoms with Crippen LogP contribution in [0.15, 0.2) is 47.4 Å². The summed E-state index contributed by atoms with van der Waals surface area (Å²) in [6.45, 7) is 2.00. The number of para-hydroxylation sites is 1. The van der Waals surface area contributed by atoms with Crippen LogP contribution in [-0.2, 0) is 9.84 Å². The molecule has 0 aromatic heterocycles. The fraction of sp³-hybridized carbons (Fsp3) is 0.294. The lowest BCUT2D eigenvalue weighted by atomic mass is 10.2. The number of sulfone groups is 1. The Kier molecular flexibility index (Phi) is 5.38. The topological polar surface area (TPSA) is 92.6 Å². The van der Waals surface area contributed by atoms with Crippen molar-refractivity contribution in [1.29, 1.82) is 0 Å². The average Bonchev–Trinajstić information content (AvgIpc) is 2.62. The van der Waals surface area contributed by atoms with Gasteiger partial charge >= 0.3 is 5.69 Å². The van der Waals surface area contributed by atoms with Gasteiger partial charge in [-0.2, -0.15) is 11.8 Å². The smallest absolute Gasteiger partial charge is 0.311 e. The molecule has 0 bridgehead atoms. The molecular formula is C17H19N3O4S2. The number of benzene rings is 2. The first-order valence-electron chi connectivity index (χ1n) is 8.03. The monoisotopic (exact) mass is 393 g/mol. The molecular weight excluding hydrogens is 374 g/mol. The van der Waals surface area contributed by atoms with Crippen molar-refractivity contribution < 1.29 is 13.3 Å². The van der Waals surface area contributed by atoms with Gasteiger partial charge in [-0.25, -0.2) is 8.42 Å². The molecule has 2 aromatic rings. The molecule has 0 atom stereocenters. The molecule has 1 saturated heterocycles. The second-order valence-electron chi connectivity index (χ2n) is 5.95. The Morgan fingerprint density at radius 2 is 1.77 bits per heavy atom. The molecule has 9 heteroatoms. The van der Waals surface area contributed by atoms with Crippen molar-refractivity contribution >= 4 is 44.3 Å². The largest absolute Gasteiger partial charge is 0.370 e. The zero-order valence-electron chi connectivity index (χ0n) is 14.2. The number of rotatable bonds is 5. The van der Waals surface area contributed by atoms with Gasteiger partial charge < -0.3 is 10.2 Å². The molecule has 0 radical (unpaired) electrons. The second kappa shape index (κ2) is 7.55. The molecule has 0 aliphatic carbocycles. The Bertz CT molecular complexity index is 908. The van der Waals surface area contributed by atoms with Gasteiger partial charge in [0, 0.05) is 42.2 Å². The molecule has 0 amide bonds. The first-order chi connectivity index (χ1) is 12.4. The summed E-state index contributed by atoms with van der Waals surface area (Å²) in [4.78, 5) is 12.8. The SMILES string of the molecule is CS(=O)(=O)c1cccc(Nc2ccc(N3CCSCC3)cc2)c1[N+](=O)[O-]. The van der Waals surface area contributed by atoms with Crippen molar-refractivity contribution in [1.82, 2.24) is 0 Å². The highest BCUT2D eigenvalue weighted by molar-refractivity contribution is 7.99. The van der Waals surface area contributed by atoms with Gasteiger partial charge in [0.05, 0.1) is 4.92 Å². The fourth-order valence-electron chi connectivity index (χ4n) is 2.84. The van der Waals surface area contributed by atoms with Crippen LogP contribution in [-0.4, -0.2) is 44.2 Å². The van der Waals surface area contributed by atoms with Crippen LogP contribution in [0, 0.1) is 10.1 Å². The number of nitrogens with zero attached hydrogens (tertiary/aromatic N) is 2. The molecule has 26 heavy (non-hydrogen) atoms. The molecule has 1 heterocycles. The lowest BCUT2D eigenvalue weighted by Crippen LogP contribution is -2.32. The van der Waals surface area contributed by atoms with Crippen LogP contribution < -0.4 is 10.2 Å². The van der Waals surface area contributed by atoms with Crippen LogP contribution in [0.1, 0.15) is 0 Å². The first-order valence-corrected chi connectivity index (χ1v) is 11.1. The third-order valence-corrected chi connectivity index (χ3v) is 6.17. The highest BCUT2D eigenvalue weighted by Gasteiger charge is 2.26. The third kappa shape index (κ3) is 4.10. The number of anilines is 3. The minimum atomic E-state index is -3.70. The highest BCUT2D eigenvalue weighted by atomic mass is 32.2. The fourth-order valence-corrected chi connectivity index (χ4v) is 4.61. The quantitative estimate of drug-likeness (QED) is 0.615. The maximum Gasteiger partial charge on any atom is 0.311 e. The second-order valence-corrected chi connectivity index (χ2v) is 9.16. The van der Waals surface area contributed by atoms with E-state index in [0.29, 0.717) is 5.69 Å². The highest BCUT2D eigenvalue weighted by Crippen LogP contribution is 2.34. The van der Waals surface area contributed by atoms with Crippen LogP contribution in [0.5, 0.6) is 0 Å². The maximum atomic E-state index is 11.8. The van der Waals surface area contributed by atoms with Crippen LogP contribution in [0.4, 0.5) is 22.7 Å². The van der Waals surface area contributed by atoms with Crippen molar-refractivity contribution in [2.24, 2.45) is 0 Å². The molecule has 1 fully saturated rings. The predicted octanol–water partition coefficient (Wildman–Crippen LogP) is 3.30. The van der Waals surface area contributed by atoms with Crippen LogP contribution in [0.25, 0.3) is 0 Å². The summed E-state index contributed by atoms with van der Waals surface area (Å²) in [5.74, 6) is 2.20. The Morgan fingerprint density at radius 1 is 1.12 bits per heavy atom. The van der Waals surface area contributed by atoms with Crippen molar-refractivity contribution in [3.05, 3.63) is 52.6 Å². The van der Waals surface area contributed by atoms with E-state index >= 15 is 0 Å². The maximum absolute atomic E-state index is 11.8. The van der Waals surface area contributed by atoms with Gasteiger partial charge in [0.1, 0.15) is 10.6 Å². The van der Waals surface area contributed by atoms with Gasteiger partial charge in [-0.1, -0.05) is 6.07 Å². The van der Waals surface area contributed by atoms with Crippen LogP contribution >= 0.6 is 11.8 Å². The van der Waals surface area contributed by atoms with E-state index in [2.05, 4.69) is 10.2 Å².